The van der Waals surface area contributed by atoms with Crippen molar-refractivity contribution in [3.8, 4) is 22.4 Å². The lowest BCUT2D eigenvalue weighted by Gasteiger charge is -2.28. The first-order valence-corrected chi connectivity index (χ1v) is 11.2. The van der Waals surface area contributed by atoms with Crippen LogP contribution >= 0.6 is 0 Å². The van der Waals surface area contributed by atoms with E-state index in [1.807, 2.05) is 31.2 Å². The third kappa shape index (κ3) is 5.25. The maximum absolute atomic E-state index is 14.1. The second-order valence-corrected chi connectivity index (χ2v) is 8.66. The van der Waals surface area contributed by atoms with Gasteiger partial charge in [-0.25, -0.2) is 9.18 Å². The zero-order chi connectivity index (χ0) is 22.5. The van der Waals surface area contributed by atoms with Crippen LogP contribution in [0.15, 0.2) is 54.6 Å². The Morgan fingerprint density at radius 2 is 1.75 bits per heavy atom. The average Bonchev–Trinajstić information content (AvgIpc) is 3.11. The number of carboxylic acid groups (broad SMARTS) is 1. The van der Waals surface area contributed by atoms with Crippen LogP contribution in [0.1, 0.15) is 31.4 Å². The molecule has 1 aromatic heterocycles. The Hall–Kier alpha value is -2.99. The zero-order valence-electron chi connectivity index (χ0n) is 18.3. The van der Waals surface area contributed by atoms with Crippen LogP contribution in [0.3, 0.4) is 0 Å². The summed E-state index contributed by atoms with van der Waals surface area (Å²) in [5.41, 5.74) is 4.85. The van der Waals surface area contributed by atoms with Crippen LogP contribution in [0.25, 0.3) is 22.4 Å². The number of aromatic nitrogens is 2. The van der Waals surface area contributed by atoms with Gasteiger partial charge in [0.1, 0.15) is 12.4 Å². The number of nitrogens with zero attached hydrogens (tertiary/aromatic N) is 2. The lowest BCUT2D eigenvalue weighted by Crippen LogP contribution is -2.23. The quantitative estimate of drug-likeness (QED) is 0.501. The molecule has 1 heterocycles. The van der Waals surface area contributed by atoms with Crippen LogP contribution in [-0.2, 0) is 16.1 Å². The predicted molar refractivity (Wildman–Crippen MR) is 122 cm³/mol. The summed E-state index contributed by atoms with van der Waals surface area (Å²) in [7, 11) is 0. The Kier molecular flexibility index (Phi) is 7.00. The number of hydrogen-bond donors (Lipinski definition) is 1. The first-order valence-electron chi connectivity index (χ1n) is 11.2. The van der Waals surface area contributed by atoms with Crippen LogP contribution in [0, 0.1) is 24.6 Å². The number of carboxylic acids is 1. The number of halogens is 1. The van der Waals surface area contributed by atoms with Gasteiger partial charge >= 0.3 is 5.97 Å². The maximum atomic E-state index is 14.1. The van der Waals surface area contributed by atoms with Crippen LogP contribution < -0.4 is 0 Å². The number of aliphatic carboxylic acids is 1. The first kappa shape index (κ1) is 22.2. The molecule has 2 aromatic carbocycles. The molecule has 0 aliphatic heterocycles. The normalized spacial score (nSPS) is 18.6. The molecule has 0 bridgehead atoms. The molecule has 0 saturated heterocycles. The minimum Gasteiger partial charge on any atom is -0.480 e. The van der Waals surface area contributed by atoms with E-state index in [0.717, 1.165) is 60.3 Å². The smallest absolute Gasteiger partial charge is 0.329 e. The van der Waals surface area contributed by atoms with Crippen molar-refractivity contribution in [2.45, 2.75) is 39.2 Å². The molecular weight excluding hydrogens is 407 g/mol. The molecule has 1 N–H and O–H groups in total. The maximum Gasteiger partial charge on any atom is 0.329 e. The Labute approximate surface area is 187 Å². The standard InChI is InChI=1S/C26H29FN2O3/c1-18-25(21-6-3-2-4-7-21)26(22-8-5-9-23(27)14-22)29(28-18)15-19-10-12-20(13-11-19)16-32-17-24(30)31/h2-9,14,19-20H,10-13,15-17H2,1H3,(H,30,31)/t19-,20-. The summed E-state index contributed by atoms with van der Waals surface area (Å²) in [5, 5.41) is 13.6. The summed E-state index contributed by atoms with van der Waals surface area (Å²) in [6.45, 7) is 3.07. The molecule has 1 saturated carbocycles. The van der Waals surface area contributed by atoms with E-state index in [2.05, 4.69) is 16.8 Å². The minimum absolute atomic E-state index is 0.230. The van der Waals surface area contributed by atoms with Crippen molar-refractivity contribution < 1.29 is 19.0 Å². The fourth-order valence-corrected chi connectivity index (χ4v) is 4.73. The van der Waals surface area contributed by atoms with Crippen molar-refractivity contribution in [3.63, 3.8) is 0 Å². The molecule has 0 atom stereocenters. The molecule has 0 radical (unpaired) electrons. The van der Waals surface area contributed by atoms with Crippen molar-refractivity contribution in [1.82, 2.24) is 9.78 Å². The highest BCUT2D eigenvalue weighted by atomic mass is 19.1. The summed E-state index contributed by atoms with van der Waals surface area (Å²) in [6, 6.07) is 16.9. The van der Waals surface area contributed by atoms with Gasteiger partial charge in [-0.15, -0.1) is 0 Å². The van der Waals surface area contributed by atoms with E-state index in [-0.39, 0.29) is 12.4 Å². The van der Waals surface area contributed by atoms with Crippen molar-refractivity contribution in [3.05, 3.63) is 66.1 Å². The third-order valence-corrected chi connectivity index (χ3v) is 6.26. The number of ether oxygens (including phenoxy) is 1. The van der Waals surface area contributed by atoms with Gasteiger partial charge in [-0.05, 0) is 62.1 Å². The molecule has 1 fully saturated rings. The molecule has 6 heteroatoms. The van der Waals surface area contributed by atoms with Gasteiger partial charge < -0.3 is 9.84 Å². The average molecular weight is 437 g/mol. The second kappa shape index (κ2) is 10.1. The second-order valence-electron chi connectivity index (χ2n) is 8.66. The van der Waals surface area contributed by atoms with Gasteiger partial charge in [-0.3, -0.25) is 4.68 Å². The van der Waals surface area contributed by atoms with Crippen LogP contribution in [0.2, 0.25) is 0 Å². The summed E-state index contributed by atoms with van der Waals surface area (Å²) in [4.78, 5) is 10.6. The van der Waals surface area contributed by atoms with E-state index in [9.17, 15) is 9.18 Å². The van der Waals surface area contributed by atoms with E-state index in [0.29, 0.717) is 18.4 Å². The van der Waals surface area contributed by atoms with Gasteiger partial charge in [0.05, 0.1) is 18.0 Å². The molecule has 4 rings (SSSR count). The predicted octanol–water partition coefficient (Wildman–Crippen LogP) is 5.57. The molecule has 32 heavy (non-hydrogen) atoms. The Morgan fingerprint density at radius 1 is 1.06 bits per heavy atom. The molecule has 1 aliphatic carbocycles. The largest absolute Gasteiger partial charge is 0.480 e. The highest BCUT2D eigenvalue weighted by Gasteiger charge is 2.25. The molecular formula is C26H29FN2O3. The Morgan fingerprint density at radius 3 is 2.44 bits per heavy atom. The lowest BCUT2D eigenvalue weighted by molar-refractivity contribution is -0.142. The van der Waals surface area contributed by atoms with Crippen LogP contribution in [0.5, 0.6) is 0 Å². The van der Waals surface area contributed by atoms with Gasteiger partial charge in [-0.2, -0.15) is 5.10 Å². The number of hydrogen-bond acceptors (Lipinski definition) is 3. The molecule has 3 aromatic rings. The molecule has 168 valence electrons. The van der Waals surface area contributed by atoms with E-state index in [1.54, 1.807) is 12.1 Å². The van der Waals surface area contributed by atoms with E-state index < -0.39 is 5.97 Å². The van der Waals surface area contributed by atoms with Gasteiger partial charge in [0.15, 0.2) is 0 Å². The number of aryl methyl sites for hydroxylation is 1. The van der Waals surface area contributed by atoms with Crippen LogP contribution in [0.4, 0.5) is 4.39 Å². The SMILES string of the molecule is Cc1nn(C[C@H]2CC[C@H](COCC(=O)O)CC2)c(-c2cccc(F)c2)c1-c1ccccc1. The van der Waals surface area contributed by atoms with Crippen molar-refractivity contribution in [1.29, 1.82) is 0 Å². The summed E-state index contributed by atoms with van der Waals surface area (Å²) in [5.74, 6) is -0.297. The monoisotopic (exact) mass is 436 g/mol. The van der Waals surface area contributed by atoms with E-state index in [4.69, 9.17) is 14.9 Å². The summed E-state index contributed by atoms with van der Waals surface area (Å²) in [6.07, 6.45) is 4.13. The summed E-state index contributed by atoms with van der Waals surface area (Å²) < 4.78 is 21.4. The third-order valence-electron chi connectivity index (χ3n) is 6.26. The zero-order valence-corrected chi connectivity index (χ0v) is 18.3. The number of benzene rings is 2. The summed E-state index contributed by atoms with van der Waals surface area (Å²) >= 11 is 0. The molecule has 0 amide bonds. The van der Waals surface area contributed by atoms with Crippen LogP contribution in [-0.4, -0.2) is 34.1 Å². The van der Waals surface area contributed by atoms with Crippen molar-refractivity contribution in [2.75, 3.05) is 13.2 Å². The van der Waals surface area contributed by atoms with E-state index in [1.165, 1.54) is 6.07 Å². The van der Waals surface area contributed by atoms with E-state index >= 15 is 0 Å². The molecule has 5 nitrogen and oxygen atoms in total. The molecule has 0 unspecified atom stereocenters. The highest BCUT2D eigenvalue weighted by molar-refractivity contribution is 5.83. The van der Waals surface area contributed by atoms with Gasteiger partial charge in [0, 0.05) is 17.7 Å². The Bertz CT molecular complexity index is 1060. The van der Waals surface area contributed by atoms with Gasteiger partial charge in [-0.1, -0.05) is 42.5 Å². The minimum atomic E-state index is -0.924. The highest BCUT2D eigenvalue weighted by Crippen LogP contribution is 2.37. The fraction of sp³-hybridized carbons (Fsp3) is 0.385. The first-order chi connectivity index (χ1) is 15.5. The van der Waals surface area contributed by atoms with Gasteiger partial charge in [0.25, 0.3) is 0 Å². The molecule has 1 aliphatic rings. The number of rotatable bonds is 8. The van der Waals surface area contributed by atoms with Gasteiger partial charge in [0.2, 0.25) is 0 Å². The van der Waals surface area contributed by atoms with Crippen molar-refractivity contribution >= 4 is 5.97 Å². The Balaban J connectivity index is 1.55. The molecule has 0 spiro atoms. The fourth-order valence-electron chi connectivity index (χ4n) is 4.73. The number of carbonyl (C=O) groups is 1. The van der Waals surface area contributed by atoms with Crippen molar-refractivity contribution in [2.24, 2.45) is 11.8 Å². The lowest BCUT2D eigenvalue weighted by atomic mass is 9.82. The topological polar surface area (TPSA) is 64.4 Å².